The first-order valence-electron chi connectivity index (χ1n) is 11.1. The van der Waals surface area contributed by atoms with Crippen molar-refractivity contribution < 1.29 is 13.9 Å². The number of carbonyl (C=O) groups excluding carboxylic acids is 1. The number of nitrogens with zero attached hydrogens (tertiary/aromatic N) is 3. The second-order valence-electron chi connectivity index (χ2n) is 8.98. The molecule has 5 heterocycles. The van der Waals surface area contributed by atoms with Crippen molar-refractivity contribution in [2.24, 2.45) is 0 Å². The molecule has 0 N–H and O–H groups in total. The first-order chi connectivity index (χ1) is 16.9. The number of halogens is 1. The second kappa shape index (κ2) is 8.71. The minimum Gasteiger partial charge on any atom is -0.463 e. The maximum Gasteiger partial charge on any atom is 0.173 e. The van der Waals surface area contributed by atoms with Crippen LogP contribution in [0.2, 0.25) is 5.02 Å². The first-order valence-corrected chi connectivity index (χ1v) is 13.3. The number of hydrogen-bond donors (Lipinski definition) is 0. The summed E-state index contributed by atoms with van der Waals surface area (Å²) in [5.74, 6) is 1.01. The molecule has 0 unspecified atom stereocenters. The highest BCUT2D eigenvalue weighted by Gasteiger charge is 2.32. The zero-order chi connectivity index (χ0) is 24.2. The number of Topliss-reactive ketones (excluding diaryl/α,β-unsaturated/α-hetero) is 1. The Hall–Kier alpha value is -2.78. The standard InChI is InChI=1S/C26H20ClN3O3S2/c1-26(2)10-16-17(11-33-26)21(19-4-3-9-32-19)30-24-20(16)22-23(35-24)25(29-13-28-22)34-12-18(31)14-5-7-15(27)8-6-14/h3-9,13H,10-12H2,1-2H3. The lowest BCUT2D eigenvalue weighted by molar-refractivity contribution is -0.0395. The summed E-state index contributed by atoms with van der Waals surface area (Å²) >= 11 is 8.92. The monoisotopic (exact) mass is 521 g/mol. The summed E-state index contributed by atoms with van der Waals surface area (Å²) in [6.45, 7) is 4.66. The summed E-state index contributed by atoms with van der Waals surface area (Å²) < 4.78 is 12.8. The highest BCUT2D eigenvalue weighted by Crippen LogP contribution is 2.44. The minimum absolute atomic E-state index is 0.0223. The van der Waals surface area contributed by atoms with Crippen LogP contribution in [0.5, 0.6) is 0 Å². The molecule has 1 aromatic carbocycles. The third kappa shape index (κ3) is 4.14. The SMILES string of the molecule is CC1(C)Cc2c(c(-c3ccco3)nc3sc4c(SCC(=O)c5ccc(Cl)cc5)ncnc4c23)CO1. The van der Waals surface area contributed by atoms with E-state index in [4.69, 9.17) is 25.7 Å². The van der Waals surface area contributed by atoms with Gasteiger partial charge in [0.05, 0.1) is 34.4 Å². The summed E-state index contributed by atoms with van der Waals surface area (Å²) in [4.78, 5) is 27.8. The Morgan fingerprint density at radius 3 is 2.77 bits per heavy atom. The first kappa shape index (κ1) is 22.7. The van der Waals surface area contributed by atoms with Gasteiger partial charge in [-0.05, 0) is 55.8 Å². The zero-order valence-electron chi connectivity index (χ0n) is 19.0. The van der Waals surface area contributed by atoms with Crippen LogP contribution in [0.15, 0.2) is 58.4 Å². The van der Waals surface area contributed by atoms with Crippen molar-refractivity contribution in [3.05, 3.63) is 70.7 Å². The molecule has 176 valence electrons. The molecule has 0 spiro atoms. The van der Waals surface area contributed by atoms with Gasteiger partial charge in [-0.25, -0.2) is 15.0 Å². The van der Waals surface area contributed by atoms with Crippen molar-refractivity contribution in [1.29, 1.82) is 0 Å². The lowest BCUT2D eigenvalue weighted by Crippen LogP contribution is -2.32. The quantitative estimate of drug-likeness (QED) is 0.140. The van der Waals surface area contributed by atoms with Crippen LogP contribution < -0.4 is 0 Å². The van der Waals surface area contributed by atoms with Crippen LogP contribution in [0.4, 0.5) is 0 Å². The van der Waals surface area contributed by atoms with E-state index in [0.29, 0.717) is 17.2 Å². The minimum atomic E-state index is -0.300. The highest BCUT2D eigenvalue weighted by molar-refractivity contribution is 8.00. The van der Waals surface area contributed by atoms with Crippen molar-refractivity contribution in [3.8, 4) is 11.5 Å². The second-order valence-corrected chi connectivity index (χ2v) is 11.4. The Bertz CT molecular complexity index is 1580. The number of fused-ring (bicyclic) bond motifs is 5. The molecule has 1 aliphatic heterocycles. The number of hydrogen-bond acceptors (Lipinski definition) is 8. The van der Waals surface area contributed by atoms with E-state index in [9.17, 15) is 4.79 Å². The fourth-order valence-corrected chi connectivity index (χ4v) is 6.61. The van der Waals surface area contributed by atoms with E-state index >= 15 is 0 Å². The van der Waals surface area contributed by atoms with Crippen molar-refractivity contribution in [2.75, 3.05) is 5.75 Å². The molecule has 1 aliphatic rings. The molecule has 0 aliphatic carbocycles. The number of ether oxygens (including phenoxy) is 1. The molecule has 35 heavy (non-hydrogen) atoms. The van der Waals surface area contributed by atoms with Gasteiger partial charge in [0.25, 0.3) is 0 Å². The average molecular weight is 522 g/mol. The van der Waals surface area contributed by atoms with Crippen LogP contribution in [0.25, 0.3) is 31.9 Å². The Balaban J connectivity index is 1.45. The Morgan fingerprint density at radius 2 is 2.00 bits per heavy atom. The van der Waals surface area contributed by atoms with Crippen LogP contribution in [0.3, 0.4) is 0 Å². The van der Waals surface area contributed by atoms with Gasteiger partial charge in [-0.3, -0.25) is 4.79 Å². The Kier molecular flexibility index (Phi) is 5.64. The Morgan fingerprint density at radius 1 is 1.17 bits per heavy atom. The van der Waals surface area contributed by atoms with Gasteiger partial charge in [-0.1, -0.05) is 23.4 Å². The molecule has 9 heteroatoms. The largest absolute Gasteiger partial charge is 0.463 e. The van der Waals surface area contributed by atoms with Crippen LogP contribution in [0.1, 0.15) is 35.3 Å². The summed E-state index contributed by atoms with van der Waals surface area (Å²) in [7, 11) is 0. The molecular weight excluding hydrogens is 502 g/mol. The zero-order valence-corrected chi connectivity index (χ0v) is 21.4. The molecule has 0 amide bonds. The smallest absolute Gasteiger partial charge is 0.173 e. The van der Waals surface area contributed by atoms with Crippen LogP contribution in [-0.4, -0.2) is 32.1 Å². The number of thioether (sulfide) groups is 1. The van der Waals surface area contributed by atoms with E-state index in [2.05, 4.69) is 23.8 Å². The van der Waals surface area contributed by atoms with Gasteiger partial charge >= 0.3 is 0 Å². The predicted octanol–water partition coefficient (Wildman–Crippen LogP) is 6.98. The average Bonchev–Trinajstić information content (AvgIpc) is 3.50. The fraction of sp³-hybridized carbons (Fsp3) is 0.231. The van der Waals surface area contributed by atoms with E-state index in [-0.39, 0.29) is 17.1 Å². The summed E-state index contributed by atoms with van der Waals surface area (Å²) in [6, 6.07) is 10.7. The van der Waals surface area contributed by atoms with E-state index in [1.54, 1.807) is 48.2 Å². The van der Waals surface area contributed by atoms with Crippen molar-refractivity contribution in [1.82, 2.24) is 15.0 Å². The number of pyridine rings is 1. The van der Waals surface area contributed by atoms with E-state index in [1.165, 1.54) is 17.3 Å². The molecule has 0 saturated carbocycles. The topological polar surface area (TPSA) is 78.1 Å². The molecule has 6 rings (SSSR count). The number of furan rings is 1. The Labute approximate surface area is 214 Å². The summed E-state index contributed by atoms with van der Waals surface area (Å²) in [5.41, 5.74) is 4.23. The van der Waals surface area contributed by atoms with E-state index < -0.39 is 0 Å². The number of carbonyl (C=O) groups is 1. The third-order valence-electron chi connectivity index (χ3n) is 6.06. The molecule has 0 radical (unpaired) electrons. The lowest BCUT2D eigenvalue weighted by atomic mass is 9.89. The number of ketones is 1. The molecule has 0 fully saturated rings. The van der Waals surface area contributed by atoms with E-state index in [0.717, 1.165) is 48.9 Å². The molecule has 0 saturated heterocycles. The van der Waals surface area contributed by atoms with Gasteiger partial charge in [0, 0.05) is 28.0 Å². The number of rotatable bonds is 5. The molecule has 0 atom stereocenters. The van der Waals surface area contributed by atoms with Gasteiger partial charge in [-0.2, -0.15) is 0 Å². The summed E-state index contributed by atoms with van der Waals surface area (Å²) in [6.07, 6.45) is 3.97. The number of thiophene rings is 1. The number of aromatic nitrogens is 3. The van der Waals surface area contributed by atoms with Crippen LogP contribution >= 0.6 is 34.7 Å². The molecule has 0 bridgehead atoms. The summed E-state index contributed by atoms with van der Waals surface area (Å²) in [5, 5.41) is 2.43. The van der Waals surface area contributed by atoms with Crippen LogP contribution in [-0.2, 0) is 17.8 Å². The highest BCUT2D eigenvalue weighted by atomic mass is 35.5. The van der Waals surface area contributed by atoms with Gasteiger partial charge in [-0.15, -0.1) is 11.3 Å². The third-order valence-corrected chi connectivity index (χ3v) is 8.51. The van der Waals surface area contributed by atoms with Crippen LogP contribution in [0, 0.1) is 0 Å². The maximum absolute atomic E-state index is 12.7. The maximum atomic E-state index is 12.7. The van der Waals surface area contributed by atoms with Gasteiger partial charge in [0.15, 0.2) is 11.5 Å². The molecule has 6 nitrogen and oxygen atoms in total. The molecule has 4 aromatic heterocycles. The van der Waals surface area contributed by atoms with Gasteiger partial charge < -0.3 is 9.15 Å². The molecular formula is C26H20ClN3O3S2. The van der Waals surface area contributed by atoms with Crippen molar-refractivity contribution in [2.45, 2.75) is 37.5 Å². The fourth-order valence-electron chi connectivity index (χ4n) is 4.36. The van der Waals surface area contributed by atoms with Crippen molar-refractivity contribution >= 4 is 60.9 Å². The normalized spacial score (nSPS) is 14.9. The lowest BCUT2D eigenvalue weighted by Gasteiger charge is -2.32. The molecule has 5 aromatic rings. The van der Waals surface area contributed by atoms with Gasteiger partial charge in [0.2, 0.25) is 0 Å². The van der Waals surface area contributed by atoms with Crippen molar-refractivity contribution in [3.63, 3.8) is 0 Å². The van der Waals surface area contributed by atoms with E-state index in [1.807, 2.05) is 12.1 Å². The predicted molar refractivity (Wildman–Crippen MR) is 139 cm³/mol. The number of benzene rings is 1. The van der Waals surface area contributed by atoms with Gasteiger partial charge in [0.1, 0.15) is 21.9 Å².